The number of carbonyl (C=O) groups excluding carboxylic acids is 2. The third kappa shape index (κ3) is 42.2. The Kier molecular flexibility index (Phi) is 37.7. The molecule has 5 N–H and O–H groups in total. The maximum absolute atomic E-state index is 12.7. The maximum Gasteiger partial charge on any atom is 0.472 e. The minimum atomic E-state index is -4.88. The summed E-state index contributed by atoms with van der Waals surface area (Å²) in [7, 11) is -9.71. The van der Waals surface area contributed by atoms with Crippen molar-refractivity contribution in [1.82, 2.24) is 0 Å². The van der Waals surface area contributed by atoms with Gasteiger partial charge in [-0.2, -0.15) is 0 Å². The monoisotopic (exact) mass is 890 g/mol. The standard InChI is InChI=1S/C44H76O14P2/c1-3-5-7-8-9-10-11-12-13-14-19-22-25-28-31-35-44(48)58-42(39-57-60(52,53)56-37-41(46)36-55-59(49,50)51)38-54-43(47)34-30-27-24-21-18-16-15-17-20-23-26-29-33-40(45)32-6-4-2/h6,10-11,15-16,20-21,23-24,26,29,32,40-42,45-46H,3-5,7-9,12-14,17-19,22,25,27-28,30-31,33-39H2,1-2H3,(H,52,53)(H2,49,50,51)/b11-10-,16-15-,23-20-,24-21-,29-26+,32-6-/t40?,41-,42+/m0/s1. The molecule has 0 aromatic rings. The van der Waals surface area contributed by atoms with Crippen molar-refractivity contribution in [3.63, 3.8) is 0 Å². The molecule has 0 radical (unpaired) electrons. The van der Waals surface area contributed by atoms with E-state index in [1.54, 1.807) is 6.08 Å². The smallest absolute Gasteiger partial charge is 0.462 e. The number of carbonyl (C=O) groups is 2. The second kappa shape index (κ2) is 39.4. The molecule has 346 valence electrons. The summed E-state index contributed by atoms with van der Waals surface area (Å²) < 4.78 is 47.7. The number of phosphoric ester groups is 2. The van der Waals surface area contributed by atoms with E-state index in [2.05, 4.69) is 28.1 Å². The van der Waals surface area contributed by atoms with E-state index in [1.807, 2.05) is 61.6 Å². The van der Waals surface area contributed by atoms with Gasteiger partial charge in [0, 0.05) is 12.8 Å². The van der Waals surface area contributed by atoms with Crippen molar-refractivity contribution >= 4 is 27.6 Å². The molecular formula is C44H76O14P2. The van der Waals surface area contributed by atoms with Crippen molar-refractivity contribution in [2.24, 2.45) is 0 Å². The van der Waals surface area contributed by atoms with Gasteiger partial charge >= 0.3 is 27.6 Å². The first-order chi connectivity index (χ1) is 28.8. The van der Waals surface area contributed by atoms with E-state index < -0.39 is 72.3 Å². The minimum Gasteiger partial charge on any atom is -0.462 e. The van der Waals surface area contributed by atoms with Crippen LogP contribution in [0.25, 0.3) is 0 Å². The van der Waals surface area contributed by atoms with Crippen molar-refractivity contribution < 1.29 is 66.7 Å². The van der Waals surface area contributed by atoms with Crippen LogP contribution in [0.3, 0.4) is 0 Å². The van der Waals surface area contributed by atoms with E-state index in [0.717, 1.165) is 57.8 Å². The first kappa shape index (κ1) is 57.5. The Morgan fingerprint density at radius 3 is 1.77 bits per heavy atom. The van der Waals surface area contributed by atoms with Crippen LogP contribution in [0.2, 0.25) is 0 Å². The molecule has 0 aliphatic rings. The second-order valence-corrected chi connectivity index (χ2v) is 17.1. The van der Waals surface area contributed by atoms with E-state index >= 15 is 0 Å². The summed E-state index contributed by atoms with van der Waals surface area (Å²) in [5.74, 6) is -1.13. The van der Waals surface area contributed by atoms with E-state index in [9.17, 15) is 33.8 Å². The maximum atomic E-state index is 12.7. The molecule has 2 unspecified atom stereocenters. The number of aliphatic hydroxyl groups excluding tert-OH is 2. The summed E-state index contributed by atoms with van der Waals surface area (Å²) >= 11 is 0. The quantitative estimate of drug-likeness (QED) is 0.0127. The molecule has 14 nitrogen and oxygen atoms in total. The minimum absolute atomic E-state index is 0.0952. The lowest BCUT2D eigenvalue weighted by atomic mass is 10.1. The van der Waals surface area contributed by atoms with Crippen molar-refractivity contribution in [3.8, 4) is 0 Å². The number of phosphoric acid groups is 2. The number of aliphatic hydroxyl groups is 2. The van der Waals surface area contributed by atoms with Crippen molar-refractivity contribution in [3.05, 3.63) is 72.9 Å². The summed E-state index contributed by atoms with van der Waals surface area (Å²) in [6, 6.07) is 0. The lowest BCUT2D eigenvalue weighted by molar-refractivity contribution is -0.161. The number of rotatable bonds is 40. The second-order valence-electron chi connectivity index (χ2n) is 14.4. The first-order valence-corrected chi connectivity index (χ1v) is 24.8. The largest absolute Gasteiger partial charge is 0.472 e. The van der Waals surface area contributed by atoms with Crippen LogP contribution in [0.1, 0.15) is 149 Å². The highest BCUT2D eigenvalue weighted by atomic mass is 31.2. The summed E-state index contributed by atoms with van der Waals surface area (Å²) in [5.41, 5.74) is 0. The van der Waals surface area contributed by atoms with Gasteiger partial charge in [-0.1, -0.05) is 138 Å². The Morgan fingerprint density at radius 2 is 1.10 bits per heavy atom. The van der Waals surface area contributed by atoms with Gasteiger partial charge in [-0.3, -0.25) is 23.2 Å². The zero-order valence-corrected chi connectivity index (χ0v) is 37.9. The molecule has 0 bridgehead atoms. The van der Waals surface area contributed by atoms with Gasteiger partial charge < -0.3 is 34.4 Å². The lowest BCUT2D eigenvalue weighted by Gasteiger charge is -2.20. The van der Waals surface area contributed by atoms with Crippen LogP contribution in [0, 0.1) is 0 Å². The molecule has 0 saturated heterocycles. The zero-order valence-electron chi connectivity index (χ0n) is 36.1. The molecule has 4 atom stereocenters. The summed E-state index contributed by atoms with van der Waals surface area (Å²) in [6.07, 6.45) is 39.5. The number of unbranched alkanes of at least 4 members (excludes halogenated alkanes) is 12. The molecule has 16 heteroatoms. The molecule has 60 heavy (non-hydrogen) atoms. The molecule has 0 aromatic heterocycles. The Bertz CT molecular complexity index is 1350. The van der Waals surface area contributed by atoms with Gasteiger partial charge in [0.2, 0.25) is 0 Å². The van der Waals surface area contributed by atoms with E-state index in [-0.39, 0.29) is 12.8 Å². The van der Waals surface area contributed by atoms with Crippen LogP contribution >= 0.6 is 15.6 Å². The Labute approximate surface area is 359 Å². The summed E-state index contributed by atoms with van der Waals surface area (Å²) in [4.78, 5) is 52.7. The number of esters is 2. The van der Waals surface area contributed by atoms with Gasteiger partial charge in [-0.25, -0.2) is 9.13 Å². The van der Waals surface area contributed by atoms with E-state index in [0.29, 0.717) is 25.7 Å². The third-order valence-corrected chi connectivity index (χ3v) is 10.1. The van der Waals surface area contributed by atoms with Crippen LogP contribution in [-0.2, 0) is 41.8 Å². The van der Waals surface area contributed by atoms with Crippen LogP contribution in [0.5, 0.6) is 0 Å². The van der Waals surface area contributed by atoms with Gasteiger partial charge in [0.05, 0.1) is 25.9 Å². The molecule has 0 rings (SSSR count). The molecule has 0 aliphatic heterocycles. The number of allylic oxidation sites excluding steroid dienone is 10. The highest BCUT2D eigenvalue weighted by Gasteiger charge is 2.28. The highest BCUT2D eigenvalue weighted by Crippen LogP contribution is 2.43. The predicted octanol–water partition coefficient (Wildman–Crippen LogP) is 9.98. The molecule has 0 heterocycles. The molecule has 0 amide bonds. The average molecular weight is 891 g/mol. The van der Waals surface area contributed by atoms with Crippen LogP contribution < -0.4 is 0 Å². The predicted molar refractivity (Wildman–Crippen MR) is 236 cm³/mol. The SMILES string of the molecule is CC/C=C\C(O)C/C=C/C=C\C/C=C\C/C=C\CCCC(=O)OC[C@H](COP(=O)(O)OC[C@@H](O)COP(=O)(O)O)OC(=O)CCCCCCCCC/C=C\CCCCCC. The highest BCUT2D eigenvalue weighted by molar-refractivity contribution is 7.47. The Morgan fingerprint density at radius 1 is 0.567 bits per heavy atom. The third-order valence-electron chi connectivity index (χ3n) is 8.64. The Hall–Kier alpha value is -2.48. The van der Waals surface area contributed by atoms with E-state index in [4.69, 9.17) is 23.8 Å². The van der Waals surface area contributed by atoms with Crippen LogP contribution in [0.4, 0.5) is 0 Å². The van der Waals surface area contributed by atoms with Crippen LogP contribution in [-0.4, -0.2) is 81.6 Å². The molecular weight excluding hydrogens is 814 g/mol. The number of hydrogen-bond acceptors (Lipinski definition) is 11. The average Bonchev–Trinajstić information content (AvgIpc) is 3.20. The van der Waals surface area contributed by atoms with Crippen LogP contribution in [0.15, 0.2) is 72.9 Å². The zero-order chi connectivity index (χ0) is 44.6. The fraction of sp³-hybridized carbons (Fsp3) is 0.682. The summed E-state index contributed by atoms with van der Waals surface area (Å²) in [6.45, 7) is 1.42. The van der Waals surface area contributed by atoms with E-state index in [1.165, 1.54) is 38.5 Å². The molecule has 0 aliphatic carbocycles. The number of ether oxygens (including phenoxy) is 2. The summed E-state index contributed by atoms with van der Waals surface area (Å²) in [5, 5.41) is 19.5. The topological polar surface area (TPSA) is 216 Å². The van der Waals surface area contributed by atoms with Gasteiger partial charge in [0.1, 0.15) is 12.7 Å². The van der Waals surface area contributed by atoms with Gasteiger partial charge in [-0.05, 0) is 70.6 Å². The van der Waals surface area contributed by atoms with Crippen molar-refractivity contribution in [2.45, 2.75) is 167 Å². The fourth-order valence-corrected chi connectivity index (χ4v) is 6.49. The van der Waals surface area contributed by atoms with Gasteiger partial charge in [-0.15, -0.1) is 0 Å². The van der Waals surface area contributed by atoms with Crippen molar-refractivity contribution in [1.29, 1.82) is 0 Å². The first-order valence-electron chi connectivity index (χ1n) is 21.7. The van der Waals surface area contributed by atoms with Gasteiger partial charge in [0.25, 0.3) is 0 Å². The Balaban J connectivity index is 4.65. The molecule has 0 spiro atoms. The molecule has 0 fully saturated rings. The lowest BCUT2D eigenvalue weighted by Crippen LogP contribution is -2.30. The molecule has 0 saturated carbocycles. The fourth-order valence-electron chi connectivity index (χ4n) is 5.34. The normalized spacial score (nSPS) is 15.2. The van der Waals surface area contributed by atoms with Crippen molar-refractivity contribution in [2.75, 3.05) is 26.4 Å². The van der Waals surface area contributed by atoms with Gasteiger partial charge in [0.15, 0.2) is 6.10 Å². The number of hydrogen-bond donors (Lipinski definition) is 5. The molecule has 0 aromatic carbocycles.